The van der Waals surface area contributed by atoms with Crippen LogP contribution in [0.2, 0.25) is 0 Å². The van der Waals surface area contributed by atoms with Crippen molar-refractivity contribution in [2.24, 2.45) is 0 Å². The number of hydrogen-bond donors (Lipinski definition) is 2. The normalized spacial score (nSPS) is 10.9. The Kier molecular flexibility index (Phi) is 4.94. The third-order valence-electron chi connectivity index (χ3n) is 4.26. The second-order valence-electron chi connectivity index (χ2n) is 6.40. The highest BCUT2D eigenvalue weighted by atomic mass is 32.2. The van der Waals surface area contributed by atoms with Crippen LogP contribution in [0.1, 0.15) is 21.6 Å². The molecule has 2 aromatic carbocycles. The summed E-state index contributed by atoms with van der Waals surface area (Å²) in [6.45, 7) is 2.04. The molecule has 0 saturated heterocycles. The van der Waals surface area contributed by atoms with Crippen molar-refractivity contribution in [1.29, 1.82) is 0 Å². The van der Waals surface area contributed by atoms with Crippen molar-refractivity contribution in [1.82, 2.24) is 9.97 Å². The van der Waals surface area contributed by atoms with Gasteiger partial charge in [0.1, 0.15) is 5.69 Å². The molecule has 2 aromatic heterocycles. The monoisotopic (exact) mass is 373 g/mol. The second-order valence-corrected chi connectivity index (χ2v) is 7.45. The van der Waals surface area contributed by atoms with E-state index in [9.17, 15) is 4.79 Å². The number of aryl methyl sites for hydroxylation is 1. The first-order chi connectivity index (χ1) is 13.2. The number of nitrogens with one attached hydrogen (secondary N) is 2. The van der Waals surface area contributed by atoms with Crippen molar-refractivity contribution in [2.45, 2.75) is 17.6 Å². The van der Waals surface area contributed by atoms with Crippen LogP contribution in [-0.2, 0) is 5.75 Å². The van der Waals surface area contributed by atoms with Gasteiger partial charge in [-0.05, 0) is 61.0 Å². The molecule has 27 heavy (non-hydrogen) atoms. The fraction of sp³-hybridized carbons (Fsp3) is 0.0909. The van der Waals surface area contributed by atoms with Crippen LogP contribution in [0.25, 0.3) is 10.9 Å². The number of rotatable bonds is 5. The number of H-pyrrole nitrogens is 1. The van der Waals surface area contributed by atoms with E-state index in [4.69, 9.17) is 0 Å². The second kappa shape index (κ2) is 7.68. The van der Waals surface area contributed by atoms with Crippen molar-refractivity contribution >= 4 is 34.3 Å². The first-order valence-corrected chi connectivity index (χ1v) is 9.68. The lowest BCUT2D eigenvalue weighted by Gasteiger charge is -2.06. The number of fused-ring (bicyclic) bond motifs is 1. The van der Waals surface area contributed by atoms with Crippen LogP contribution in [0.3, 0.4) is 0 Å². The number of hydrogen-bond acceptors (Lipinski definition) is 3. The summed E-state index contributed by atoms with van der Waals surface area (Å²) in [6.07, 6.45) is 3.66. The van der Waals surface area contributed by atoms with Crippen molar-refractivity contribution in [3.05, 3.63) is 89.9 Å². The van der Waals surface area contributed by atoms with Crippen LogP contribution in [0.5, 0.6) is 0 Å². The molecule has 0 fully saturated rings. The maximum absolute atomic E-state index is 12.5. The van der Waals surface area contributed by atoms with Gasteiger partial charge in [0.25, 0.3) is 5.91 Å². The number of pyridine rings is 1. The lowest BCUT2D eigenvalue weighted by atomic mass is 10.2. The third-order valence-corrected chi connectivity index (χ3v) is 5.34. The van der Waals surface area contributed by atoms with Crippen LogP contribution in [0.15, 0.2) is 78.0 Å². The molecule has 0 aliphatic rings. The van der Waals surface area contributed by atoms with E-state index in [1.54, 1.807) is 18.0 Å². The highest BCUT2D eigenvalue weighted by molar-refractivity contribution is 7.98. The molecule has 0 unspecified atom stereocenters. The number of aromatic amines is 1. The molecule has 0 radical (unpaired) electrons. The highest BCUT2D eigenvalue weighted by Crippen LogP contribution is 2.24. The van der Waals surface area contributed by atoms with E-state index in [1.807, 2.05) is 61.7 Å². The number of carbonyl (C=O) groups excluding carboxylic acids is 1. The zero-order chi connectivity index (χ0) is 18.6. The molecule has 2 heterocycles. The van der Waals surface area contributed by atoms with Gasteiger partial charge in [0.2, 0.25) is 0 Å². The van der Waals surface area contributed by atoms with Crippen LogP contribution in [0.4, 0.5) is 5.69 Å². The Morgan fingerprint density at radius 1 is 1.11 bits per heavy atom. The van der Waals surface area contributed by atoms with Crippen molar-refractivity contribution < 1.29 is 4.79 Å². The van der Waals surface area contributed by atoms with E-state index in [1.165, 1.54) is 11.1 Å². The van der Waals surface area contributed by atoms with Crippen LogP contribution in [-0.4, -0.2) is 15.9 Å². The summed E-state index contributed by atoms with van der Waals surface area (Å²) >= 11 is 1.74. The number of anilines is 1. The fourth-order valence-electron chi connectivity index (χ4n) is 2.86. The molecule has 2 N–H and O–H groups in total. The van der Waals surface area contributed by atoms with Crippen LogP contribution < -0.4 is 5.32 Å². The number of amides is 1. The number of carbonyl (C=O) groups is 1. The minimum absolute atomic E-state index is 0.139. The molecule has 5 heteroatoms. The van der Waals surface area contributed by atoms with Gasteiger partial charge in [-0.2, -0.15) is 0 Å². The maximum atomic E-state index is 12.5. The van der Waals surface area contributed by atoms with E-state index in [2.05, 4.69) is 27.4 Å². The lowest BCUT2D eigenvalue weighted by Crippen LogP contribution is -2.11. The summed E-state index contributed by atoms with van der Waals surface area (Å²) in [4.78, 5) is 21.0. The van der Waals surface area contributed by atoms with E-state index in [0.717, 1.165) is 27.2 Å². The Morgan fingerprint density at radius 2 is 1.96 bits per heavy atom. The van der Waals surface area contributed by atoms with Gasteiger partial charge in [-0.3, -0.25) is 9.78 Å². The standard InChI is InChI=1S/C22H19N3OS/c1-15-4-9-20-17(11-15)12-21(25-20)22(26)24-18-5-7-19(8-6-18)27-14-16-3-2-10-23-13-16/h2-13,25H,14H2,1H3,(H,24,26). The average Bonchev–Trinajstić information content (AvgIpc) is 3.11. The van der Waals surface area contributed by atoms with E-state index >= 15 is 0 Å². The van der Waals surface area contributed by atoms with E-state index < -0.39 is 0 Å². The maximum Gasteiger partial charge on any atom is 0.272 e. The minimum Gasteiger partial charge on any atom is -0.351 e. The van der Waals surface area contributed by atoms with Gasteiger partial charge in [0.05, 0.1) is 0 Å². The van der Waals surface area contributed by atoms with Crippen molar-refractivity contribution in [2.75, 3.05) is 5.32 Å². The van der Waals surface area contributed by atoms with Gasteiger partial charge < -0.3 is 10.3 Å². The predicted octanol–water partition coefficient (Wildman–Crippen LogP) is 5.42. The lowest BCUT2D eigenvalue weighted by molar-refractivity contribution is 0.102. The first kappa shape index (κ1) is 17.4. The summed E-state index contributed by atoms with van der Waals surface area (Å²) < 4.78 is 0. The molecule has 4 aromatic rings. The molecular formula is C22H19N3OS. The summed E-state index contributed by atoms with van der Waals surface area (Å²) in [5, 5.41) is 3.99. The Bertz CT molecular complexity index is 1070. The molecule has 0 aliphatic heterocycles. The van der Waals surface area contributed by atoms with Gasteiger partial charge in [0.15, 0.2) is 0 Å². The molecule has 0 aliphatic carbocycles. The molecule has 0 atom stereocenters. The van der Waals surface area contributed by atoms with Gasteiger partial charge in [-0.15, -0.1) is 11.8 Å². The van der Waals surface area contributed by atoms with Gasteiger partial charge in [-0.25, -0.2) is 0 Å². The molecule has 0 spiro atoms. The fourth-order valence-corrected chi connectivity index (χ4v) is 3.69. The molecule has 1 amide bonds. The number of nitrogens with zero attached hydrogens (tertiary/aromatic N) is 1. The Balaban J connectivity index is 1.40. The Morgan fingerprint density at radius 3 is 2.74 bits per heavy atom. The van der Waals surface area contributed by atoms with Crippen molar-refractivity contribution in [3.8, 4) is 0 Å². The number of benzene rings is 2. The summed E-state index contributed by atoms with van der Waals surface area (Å²) in [6, 6.07) is 19.9. The Hall–Kier alpha value is -3.05. The van der Waals surface area contributed by atoms with Gasteiger partial charge in [-0.1, -0.05) is 17.7 Å². The van der Waals surface area contributed by atoms with Crippen molar-refractivity contribution in [3.63, 3.8) is 0 Å². The summed E-state index contributed by atoms with van der Waals surface area (Å²) in [7, 11) is 0. The summed E-state index contributed by atoms with van der Waals surface area (Å²) in [5.74, 6) is 0.730. The van der Waals surface area contributed by atoms with E-state index in [0.29, 0.717) is 5.69 Å². The highest BCUT2D eigenvalue weighted by Gasteiger charge is 2.10. The van der Waals surface area contributed by atoms with Gasteiger partial charge in [0, 0.05) is 39.6 Å². The SMILES string of the molecule is Cc1ccc2[nH]c(C(=O)Nc3ccc(SCc4cccnc4)cc3)cc2c1. The zero-order valence-electron chi connectivity index (χ0n) is 14.9. The largest absolute Gasteiger partial charge is 0.351 e. The van der Waals surface area contributed by atoms with Gasteiger partial charge >= 0.3 is 0 Å². The Labute approximate surface area is 162 Å². The van der Waals surface area contributed by atoms with Crippen LogP contribution in [0, 0.1) is 6.92 Å². The number of thioether (sulfide) groups is 1. The zero-order valence-corrected chi connectivity index (χ0v) is 15.7. The first-order valence-electron chi connectivity index (χ1n) is 8.70. The summed E-state index contributed by atoms with van der Waals surface area (Å²) in [5.41, 5.74) is 4.67. The average molecular weight is 373 g/mol. The predicted molar refractivity (Wildman–Crippen MR) is 111 cm³/mol. The molecule has 0 bridgehead atoms. The molecule has 4 nitrogen and oxygen atoms in total. The minimum atomic E-state index is -0.139. The van der Waals surface area contributed by atoms with E-state index in [-0.39, 0.29) is 5.91 Å². The third kappa shape index (κ3) is 4.20. The molecule has 4 rings (SSSR count). The molecule has 134 valence electrons. The quantitative estimate of drug-likeness (QED) is 0.460. The molecular weight excluding hydrogens is 354 g/mol. The smallest absolute Gasteiger partial charge is 0.272 e. The topological polar surface area (TPSA) is 57.8 Å². The number of aromatic nitrogens is 2. The molecule has 0 saturated carbocycles. The van der Waals surface area contributed by atoms with Crippen LogP contribution >= 0.6 is 11.8 Å².